The van der Waals surface area contributed by atoms with Gasteiger partial charge in [-0.2, -0.15) is 0 Å². The first-order chi connectivity index (χ1) is 7.65. The van der Waals surface area contributed by atoms with E-state index in [-0.39, 0.29) is 11.9 Å². The van der Waals surface area contributed by atoms with Gasteiger partial charge in [-0.3, -0.25) is 9.78 Å². The van der Waals surface area contributed by atoms with Crippen molar-refractivity contribution >= 4 is 5.91 Å². The van der Waals surface area contributed by atoms with Crippen molar-refractivity contribution in [2.45, 2.75) is 33.2 Å². The Morgan fingerprint density at radius 1 is 1.50 bits per heavy atom. The molecule has 0 aromatic carbocycles. The van der Waals surface area contributed by atoms with Crippen molar-refractivity contribution in [3.05, 3.63) is 41.7 Å². The highest BCUT2D eigenvalue weighted by Gasteiger charge is 2.09. The summed E-state index contributed by atoms with van der Waals surface area (Å²) in [5, 5.41) is 2.95. The molecule has 0 aliphatic carbocycles. The number of allylic oxidation sites excluding steroid dienone is 1. The number of hydrogen-bond donors (Lipinski definition) is 1. The van der Waals surface area contributed by atoms with Crippen molar-refractivity contribution in [2.75, 3.05) is 0 Å². The quantitative estimate of drug-likeness (QED) is 0.789. The van der Waals surface area contributed by atoms with Gasteiger partial charge in [0.25, 0.3) is 0 Å². The standard InChI is InChI=1S/C13H18N2O/c1-4-5-10(2)13(16)15-11(3)12-6-8-14-9-7-12/h5-9,11H,4H2,1-3H3,(H,15,16)/b10-5-. The Hall–Kier alpha value is -1.64. The average Bonchev–Trinajstić information content (AvgIpc) is 2.30. The van der Waals surface area contributed by atoms with Crippen LogP contribution in [0.3, 0.4) is 0 Å². The van der Waals surface area contributed by atoms with Crippen molar-refractivity contribution in [1.82, 2.24) is 10.3 Å². The first-order valence-electron chi connectivity index (χ1n) is 5.52. The molecule has 1 amide bonds. The molecule has 0 saturated heterocycles. The van der Waals surface area contributed by atoms with Crippen LogP contribution < -0.4 is 5.32 Å². The number of nitrogens with one attached hydrogen (secondary N) is 1. The van der Waals surface area contributed by atoms with E-state index in [9.17, 15) is 4.79 Å². The van der Waals surface area contributed by atoms with Gasteiger partial charge in [-0.15, -0.1) is 0 Å². The van der Waals surface area contributed by atoms with E-state index in [1.807, 2.05) is 39.0 Å². The van der Waals surface area contributed by atoms with Crippen LogP contribution in [-0.2, 0) is 4.79 Å². The molecule has 16 heavy (non-hydrogen) atoms. The molecule has 1 rings (SSSR count). The average molecular weight is 218 g/mol. The van der Waals surface area contributed by atoms with Crippen LogP contribution in [0.4, 0.5) is 0 Å². The Balaban J connectivity index is 2.62. The normalized spacial score (nSPS) is 13.3. The van der Waals surface area contributed by atoms with Crippen LogP contribution in [0.25, 0.3) is 0 Å². The second kappa shape index (κ2) is 6.05. The maximum absolute atomic E-state index is 11.7. The molecule has 3 nitrogen and oxygen atoms in total. The Morgan fingerprint density at radius 2 is 2.12 bits per heavy atom. The molecule has 0 aliphatic rings. The lowest BCUT2D eigenvalue weighted by atomic mass is 10.1. The van der Waals surface area contributed by atoms with Crippen molar-refractivity contribution in [3.63, 3.8) is 0 Å². The van der Waals surface area contributed by atoms with Gasteiger partial charge in [-0.05, 0) is 38.0 Å². The molecule has 1 heterocycles. The highest BCUT2D eigenvalue weighted by molar-refractivity contribution is 5.92. The first kappa shape index (κ1) is 12.4. The lowest BCUT2D eigenvalue weighted by Crippen LogP contribution is -2.27. The fourth-order valence-corrected chi connectivity index (χ4v) is 1.44. The molecule has 0 bridgehead atoms. The summed E-state index contributed by atoms with van der Waals surface area (Å²) < 4.78 is 0. The number of nitrogens with zero attached hydrogens (tertiary/aromatic N) is 1. The van der Waals surface area contributed by atoms with Gasteiger partial charge < -0.3 is 5.32 Å². The minimum Gasteiger partial charge on any atom is -0.346 e. The van der Waals surface area contributed by atoms with Gasteiger partial charge in [0.05, 0.1) is 6.04 Å². The van der Waals surface area contributed by atoms with E-state index in [2.05, 4.69) is 10.3 Å². The first-order valence-corrected chi connectivity index (χ1v) is 5.52. The summed E-state index contributed by atoms with van der Waals surface area (Å²) >= 11 is 0. The number of hydrogen-bond acceptors (Lipinski definition) is 2. The molecule has 86 valence electrons. The summed E-state index contributed by atoms with van der Waals surface area (Å²) in [5.41, 5.74) is 1.83. The number of amides is 1. The summed E-state index contributed by atoms with van der Waals surface area (Å²) in [6.07, 6.45) is 6.26. The molecule has 0 fully saturated rings. The van der Waals surface area contributed by atoms with Gasteiger partial charge >= 0.3 is 0 Å². The predicted molar refractivity (Wildman–Crippen MR) is 64.8 cm³/mol. The van der Waals surface area contributed by atoms with Crippen molar-refractivity contribution in [1.29, 1.82) is 0 Å². The number of carbonyl (C=O) groups is 1. The van der Waals surface area contributed by atoms with Crippen molar-refractivity contribution in [2.24, 2.45) is 0 Å². The molecule has 1 aromatic heterocycles. The largest absolute Gasteiger partial charge is 0.346 e. The molecular formula is C13H18N2O. The van der Waals surface area contributed by atoms with E-state index in [0.29, 0.717) is 0 Å². The third-order valence-corrected chi connectivity index (χ3v) is 2.42. The van der Waals surface area contributed by atoms with Gasteiger partial charge in [0.15, 0.2) is 0 Å². The van der Waals surface area contributed by atoms with Crippen molar-refractivity contribution in [3.8, 4) is 0 Å². The van der Waals surface area contributed by atoms with Gasteiger partial charge in [0, 0.05) is 18.0 Å². The Morgan fingerprint density at radius 3 is 2.69 bits per heavy atom. The molecule has 1 aromatic rings. The van der Waals surface area contributed by atoms with E-state index in [1.54, 1.807) is 12.4 Å². The van der Waals surface area contributed by atoms with Gasteiger partial charge in [0.1, 0.15) is 0 Å². The predicted octanol–water partition coefficient (Wildman–Crippen LogP) is 2.62. The molecule has 1 unspecified atom stereocenters. The Bertz CT molecular complexity index is 371. The summed E-state index contributed by atoms with van der Waals surface area (Å²) in [4.78, 5) is 15.7. The molecular weight excluding hydrogens is 200 g/mol. The van der Waals surface area contributed by atoms with Crippen LogP contribution in [0.5, 0.6) is 0 Å². The monoisotopic (exact) mass is 218 g/mol. The highest BCUT2D eigenvalue weighted by atomic mass is 16.1. The third kappa shape index (κ3) is 3.50. The van der Waals surface area contributed by atoms with Crippen LogP contribution in [0.15, 0.2) is 36.2 Å². The maximum Gasteiger partial charge on any atom is 0.247 e. The summed E-state index contributed by atoms with van der Waals surface area (Å²) in [5.74, 6) is -0.00818. The minimum atomic E-state index is -0.00818. The molecule has 0 aliphatic heterocycles. The third-order valence-electron chi connectivity index (χ3n) is 2.42. The van der Waals surface area contributed by atoms with Gasteiger partial charge in [-0.1, -0.05) is 13.0 Å². The lowest BCUT2D eigenvalue weighted by Gasteiger charge is -2.14. The SMILES string of the molecule is CC/C=C(/C)C(=O)NC(C)c1ccncc1. The van der Waals surface area contributed by atoms with Crippen molar-refractivity contribution < 1.29 is 4.79 Å². The second-order valence-corrected chi connectivity index (χ2v) is 3.77. The molecule has 0 radical (unpaired) electrons. The lowest BCUT2D eigenvalue weighted by molar-refractivity contribution is -0.118. The highest BCUT2D eigenvalue weighted by Crippen LogP contribution is 2.11. The molecule has 3 heteroatoms. The van der Waals surface area contributed by atoms with E-state index in [4.69, 9.17) is 0 Å². The van der Waals surface area contributed by atoms with Crippen LogP contribution in [0.2, 0.25) is 0 Å². The molecule has 0 spiro atoms. The Labute approximate surface area is 96.6 Å². The number of rotatable bonds is 4. The zero-order chi connectivity index (χ0) is 12.0. The van der Waals surface area contributed by atoms with Gasteiger partial charge in [0.2, 0.25) is 5.91 Å². The molecule has 0 saturated carbocycles. The number of carbonyl (C=O) groups excluding carboxylic acids is 1. The number of pyridine rings is 1. The zero-order valence-corrected chi connectivity index (χ0v) is 10.0. The van der Waals surface area contributed by atoms with Gasteiger partial charge in [-0.25, -0.2) is 0 Å². The van der Waals surface area contributed by atoms with Crippen LogP contribution in [-0.4, -0.2) is 10.9 Å². The van der Waals surface area contributed by atoms with Crippen LogP contribution >= 0.6 is 0 Å². The smallest absolute Gasteiger partial charge is 0.247 e. The van der Waals surface area contributed by atoms with E-state index >= 15 is 0 Å². The van der Waals surface area contributed by atoms with Crippen LogP contribution in [0.1, 0.15) is 38.8 Å². The minimum absolute atomic E-state index is 0.00818. The summed E-state index contributed by atoms with van der Waals surface area (Å²) in [6, 6.07) is 3.82. The fourth-order valence-electron chi connectivity index (χ4n) is 1.44. The molecule has 1 atom stereocenters. The second-order valence-electron chi connectivity index (χ2n) is 3.77. The fraction of sp³-hybridized carbons (Fsp3) is 0.385. The summed E-state index contributed by atoms with van der Waals surface area (Å²) in [6.45, 7) is 5.81. The Kier molecular flexibility index (Phi) is 4.70. The van der Waals surface area contributed by atoms with E-state index in [1.165, 1.54) is 0 Å². The van der Waals surface area contributed by atoms with E-state index < -0.39 is 0 Å². The zero-order valence-electron chi connectivity index (χ0n) is 10.0. The molecule has 1 N–H and O–H groups in total. The number of aromatic nitrogens is 1. The van der Waals surface area contributed by atoms with Crippen LogP contribution in [0, 0.1) is 0 Å². The van der Waals surface area contributed by atoms with E-state index in [0.717, 1.165) is 17.6 Å². The summed E-state index contributed by atoms with van der Waals surface area (Å²) in [7, 11) is 0. The topological polar surface area (TPSA) is 42.0 Å². The maximum atomic E-state index is 11.7.